The molecule has 1 unspecified atom stereocenters. The van der Waals surface area contributed by atoms with Crippen LogP contribution in [0.5, 0.6) is 0 Å². The Bertz CT molecular complexity index is 793. The lowest BCUT2D eigenvalue weighted by molar-refractivity contribution is -0.121. The Morgan fingerprint density at radius 1 is 1.46 bits per heavy atom. The van der Waals surface area contributed by atoms with E-state index in [4.69, 9.17) is 4.74 Å². The highest BCUT2D eigenvalue weighted by atomic mass is 32.1. The van der Waals surface area contributed by atoms with E-state index in [0.717, 1.165) is 10.4 Å². The van der Waals surface area contributed by atoms with Gasteiger partial charge in [0.25, 0.3) is 5.91 Å². The molecule has 2 aromatic rings. The largest absolute Gasteiger partial charge is 0.453 e. The SMILES string of the molecule is COC(=O)N1CCc2ccc(F)cc2C1C(=O)Nc1ncc(C)s1. The lowest BCUT2D eigenvalue weighted by atomic mass is 9.92. The fourth-order valence-corrected chi connectivity index (χ4v) is 3.44. The summed E-state index contributed by atoms with van der Waals surface area (Å²) in [6, 6.07) is 3.34. The maximum Gasteiger partial charge on any atom is 0.410 e. The zero-order valence-electron chi connectivity index (χ0n) is 13.2. The Morgan fingerprint density at radius 3 is 2.92 bits per heavy atom. The van der Waals surface area contributed by atoms with Gasteiger partial charge in [-0.2, -0.15) is 0 Å². The fraction of sp³-hybridized carbons (Fsp3) is 0.312. The smallest absolute Gasteiger partial charge is 0.410 e. The lowest BCUT2D eigenvalue weighted by Crippen LogP contribution is -2.45. The number of aromatic nitrogens is 1. The van der Waals surface area contributed by atoms with Crippen molar-refractivity contribution in [1.29, 1.82) is 0 Å². The molecule has 0 fully saturated rings. The number of hydrogen-bond acceptors (Lipinski definition) is 5. The van der Waals surface area contributed by atoms with Gasteiger partial charge in [-0.15, -0.1) is 11.3 Å². The molecule has 2 heterocycles. The van der Waals surface area contributed by atoms with E-state index >= 15 is 0 Å². The van der Waals surface area contributed by atoms with Gasteiger partial charge in [0.2, 0.25) is 0 Å². The third-order valence-corrected chi connectivity index (χ3v) is 4.67. The number of rotatable bonds is 2. The minimum atomic E-state index is -0.957. The molecule has 0 aliphatic carbocycles. The molecule has 6 nitrogen and oxygen atoms in total. The monoisotopic (exact) mass is 349 g/mol. The number of benzene rings is 1. The van der Waals surface area contributed by atoms with E-state index in [9.17, 15) is 14.0 Å². The maximum absolute atomic E-state index is 13.7. The molecule has 1 aromatic heterocycles. The number of ether oxygens (including phenoxy) is 1. The van der Waals surface area contributed by atoms with Crippen molar-refractivity contribution in [3.05, 3.63) is 46.2 Å². The van der Waals surface area contributed by atoms with Crippen LogP contribution in [0.1, 0.15) is 22.0 Å². The van der Waals surface area contributed by atoms with E-state index in [-0.39, 0.29) is 0 Å². The summed E-state index contributed by atoms with van der Waals surface area (Å²) in [5.74, 6) is -0.898. The maximum atomic E-state index is 13.7. The van der Waals surface area contributed by atoms with E-state index in [1.807, 2.05) is 6.92 Å². The Morgan fingerprint density at radius 2 is 2.25 bits per heavy atom. The fourth-order valence-electron chi connectivity index (χ4n) is 2.77. The average Bonchev–Trinajstić information content (AvgIpc) is 2.97. The summed E-state index contributed by atoms with van der Waals surface area (Å²) >= 11 is 1.33. The molecule has 24 heavy (non-hydrogen) atoms. The Labute approximate surface area is 142 Å². The number of amides is 2. The van der Waals surface area contributed by atoms with Gasteiger partial charge < -0.3 is 4.74 Å². The van der Waals surface area contributed by atoms with Gasteiger partial charge in [0.15, 0.2) is 5.13 Å². The predicted octanol–water partition coefficient (Wildman–Crippen LogP) is 2.89. The van der Waals surface area contributed by atoms with Crippen molar-refractivity contribution in [2.75, 3.05) is 19.0 Å². The summed E-state index contributed by atoms with van der Waals surface area (Å²) in [4.78, 5) is 31.2. The van der Waals surface area contributed by atoms with Crippen LogP contribution in [0.25, 0.3) is 0 Å². The summed E-state index contributed by atoms with van der Waals surface area (Å²) in [5.41, 5.74) is 1.31. The molecule has 2 amide bonds. The first-order valence-corrected chi connectivity index (χ1v) is 8.17. The van der Waals surface area contributed by atoms with E-state index in [0.29, 0.717) is 23.7 Å². The summed E-state index contributed by atoms with van der Waals surface area (Å²) < 4.78 is 18.5. The molecule has 0 bridgehead atoms. The Balaban J connectivity index is 1.97. The van der Waals surface area contributed by atoms with E-state index in [1.54, 1.807) is 12.3 Å². The number of hydrogen-bond donors (Lipinski definition) is 1. The zero-order valence-corrected chi connectivity index (χ0v) is 14.0. The molecule has 1 atom stereocenters. The summed E-state index contributed by atoms with van der Waals surface area (Å²) in [6.07, 6.45) is 1.55. The minimum Gasteiger partial charge on any atom is -0.453 e. The van der Waals surface area contributed by atoms with Crippen LogP contribution in [0.4, 0.5) is 14.3 Å². The summed E-state index contributed by atoms with van der Waals surface area (Å²) in [5, 5.41) is 3.13. The van der Waals surface area contributed by atoms with Crippen molar-refractivity contribution in [2.45, 2.75) is 19.4 Å². The molecule has 0 spiro atoms. The van der Waals surface area contributed by atoms with Crippen LogP contribution in [0.2, 0.25) is 0 Å². The van der Waals surface area contributed by atoms with Gasteiger partial charge in [-0.05, 0) is 36.6 Å². The Kier molecular flexibility index (Phi) is 4.48. The first-order chi connectivity index (χ1) is 11.5. The third kappa shape index (κ3) is 3.09. The molecule has 1 aliphatic heterocycles. The van der Waals surface area contributed by atoms with Crippen LogP contribution in [0.15, 0.2) is 24.4 Å². The number of aryl methyl sites for hydroxylation is 1. The average molecular weight is 349 g/mol. The van der Waals surface area contributed by atoms with Gasteiger partial charge in [0.1, 0.15) is 11.9 Å². The van der Waals surface area contributed by atoms with Crippen LogP contribution in [-0.4, -0.2) is 35.5 Å². The second-order valence-corrected chi connectivity index (χ2v) is 6.66. The predicted molar refractivity (Wildman–Crippen MR) is 87.4 cm³/mol. The lowest BCUT2D eigenvalue weighted by Gasteiger charge is -2.35. The number of carbonyl (C=O) groups is 2. The molecule has 1 aliphatic rings. The standard InChI is InChI=1S/C16H16FN3O3S/c1-9-8-18-15(24-9)19-14(21)13-12-7-11(17)4-3-10(12)5-6-20(13)16(22)23-2/h3-4,7-8,13H,5-6H2,1-2H3,(H,18,19,21). The molecular weight excluding hydrogens is 333 g/mol. The van der Waals surface area contributed by atoms with Crippen LogP contribution in [0.3, 0.4) is 0 Å². The number of halogens is 1. The molecular formula is C16H16FN3O3S. The number of fused-ring (bicyclic) bond motifs is 1. The minimum absolute atomic E-state index is 0.320. The first-order valence-electron chi connectivity index (χ1n) is 7.36. The van der Waals surface area contributed by atoms with Crippen molar-refractivity contribution >= 4 is 28.5 Å². The summed E-state index contributed by atoms with van der Waals surface area (Å²) in [6.45, 7) is 2.19. The Hall–Kier alpha value is -2.48. The molecule has 3 rings (SSSR count). The molecule has 0 saturated carbocycles. The van der Waals surface area contributed by atoms with Crippen molar-refractivity contribution in [3.8, 4) is 0 Å². The van der Waals surface area contributed by atoms with Crippen molar-refractivity contribution in [2.24, 2.45) is 0 Å². The summed E-state index contributed by atoms with van der Waals surface area (Å²) in [7, 11) is 1.25. The quantitative estimate of drug-likeness (QED) is 0.905. The van der Waals surface area contributed by atoms with Gasteiger partial charge in [0, 0.05) is 17.6 Å². The number of methoxy groups -OCH3 is 1. The number of nitrogens with one attached hydrogen (secondary N) is 1. The van der Waals surface area contributed by atoms with Gasteiger partial charge in [-0.3, -0.25) is 15.0 Å². The first kappa shape index (κ1) is 16.4. The van der Waals surface area contributed by atoms with Gasteiger partial charge in [-0.1, -0.05) is 6.07 Å². The molecule has 0 saturated heterocycles. The van der Waals surface area contributed by atoms with Crippen molar-refractivity contribution in [3.63, 3.8) is 0 Å². The number of thiazole rings is 1. The number of carbonyl (C=O) groups excluding carboxylic acids is 2. The third-order valence-electron chi connectivity index (χ3n) is 3.85. The van der Waals surface area contributed by atoms with Crippen LogP contribution in [-0.2, 0) is 16.0 Å². The molecule has 8 heteroatoms. The van der Waals surface area contributed by atoms with Crippen LogP contribution >= 0.6 is 11.3 Å². The molecule has 0 radical (unpaired) electrons. The number of anilines is 1. The zero-order chi connectivity index (χ0) is 17.3. The van der Waals surface area contributed by atoms with Gasteiger partial charge in [-0.25, -0.2) is 14.2 Å². The van der Waals surface area contributed by atoms with E-state index in [2.05, 4.69) is 10.3 Å². The molecule has 126 valence electrons. The second kappa shape index (κ2) is 6.56. The normalized spacial score (nSPS) is 16.5. The van der Waals surface area contributed by atoms with Gasteiger partial charge >= 0.3 is 6.09 Å². The van der Waals surface area contributed by atoms with Gasteiger partial charge in [0.05, 0.1) is 7.11 Å². The molecule has 1 aromatic carbocycles. The van der Waals surface area contributed by atoms with E-state index in [1.165, 1.54) is 35.5 Å². The highest BCUT2D eigenvalue weighted by Gasteiger charge is 2.37. The highest BCUT2D eigenvalue weighted by molar-refractivity contribution is 7.15. The van der Waals surface area contributed by atoms with E-state index < -0.39 is 23.9 Å². The molecule has 1 N–H and O–H groups in total. The second-order valence-electron chi connectivity index (χ2n) is 5.42. The van der Waals surface area contributed by atoms with Crippen LogP contribution in [0, 0.1) is 12.7 Å². The van der Waals surface area contributed by atoms with Crippen molar-refractivity contribution < 1.29 is 18.7 Å². The topological polar surface area (TPSA) is 71.5 Å². The van der Waals surface area contributed by atoms with Crippen molar-refractivity contribution in [1.82, 2.24) is 9.88 Å². The number of nitrogens with zero attached hydrogens (tertiary/aromatic N) is 2. The van der Waals surface area contributed by atoms with Crippen LogP contribution < -0.4 is 5.32 Å². The highest BCUT2D eigenvalue weighted by Crippen LogP contribution is 2.32.